The second kappa shape index (κ2) is 5.21. The minimum Gasteiger partial charge on any atom is -0.482 e. The Morgan fingerprint density at radius 2 is 2.40 bits per heavy atom. The van der Waals surface area contributed by atoms with E-state index in [0.717, 1.165) is 0 Å². The first-order chi connectivity index (χ1) is 7.13. The highest BCUT2D eigenvalue weighted by molar-refractivity contribution is 6.32. The zero-order valence-electron chi connectivity index (χ0n) is 7.68. The number of nitrogens with zero attached hydrogens (tertiary/aromatic N) is 1. The molecule has 0 aliphatic heterocycles. The van der Waals surface area contributed by atoms with Gasteiger partial charge in [0.25, 0.3) is 5.91 Å². The molecule has 0 fully saturated rings. The van der Waals surface area contributed by atoms with Crippen LogP contribution in [0.2, 0.25) is 5.02 Å². The lowest BCUT2D eigenvalue weighted by Gasteiger charge is -2.05. The van der Waals surface area contributed by atoms with Gasteiger partial charge in [-0.25, -0.2) is 0 Å². The molecule has 0 unspecified atom stereocenters. The van der Waals surface area contributed by atoms with Gasteiger partial charge in [-0.1, -0.05) is 16.8 Å². The van der Waals surface area contributed by atoms with E-state index in [2.05, 4.69) is 5.16 Å². The van der Waals surface area contributed by atoms with E-state index in [-0.39, 0.29) is 6.61 Å². The quantitative estimate of drug-likeness (QED) is 0.458. The number of benzene rings is 1. The molecule has 0 saturated heterocycles. The molecule has 1 aromatic carbocycles. The first-order valence-corrected chi connectivity index (χ1v) is 4.39. The molecule has 0 spiro atoms. The van der Waals surface area contributed by atoms with Gasteiger partial charge in [-0.15, -0.1) is 0 Å². The van der Waals surface area contributed by atoms with Gasteiger partial charge in [0.2, 0.25) is 0 Å². The molecule has 1 amide bonds. The number of halogens is 1. The molecule has 0 aromatic heterocycles. The third-order valence-electron chi connectivity index (χ3n) is 1.53. The maximum atomic E-state index is 10.5. The number of nitrogens with two attached hydrogens (primary N) is 1. The molecule has 0 aliphatic carbocycles. The van der Waals surface area contributed by atoms with Crippen LogP contribution in [-0.4, -0.2) is 23.9 Å². The van der Waals surface area contributed by atoms with Crippen LogP contribution in [0.4, 0.5) is 0 Å². The third kappa shape index (κ3) is 3.47. The summed E-state index contributed by atoms with van der Waals surface area (Å²) in [6.07, 6.45) is 1.23. The molecular formula is C9H9ClN2O3. The van der Waals surface area contributed by atoms with Crippen LogP contribution >= 0.6 is 11.6 Å². The van der Waals surface area contributed by atoms with Crippen LogP contribution in [0.3, 0.4) is 0 Å². The molecule has 1 rings (SSSR count). The summed E-state index contributed by atoms with van der Waals surface area (Å²) in [4.78, 5) is 10.5. The lowest BCUT2D eigenvalue weighted by Crippen LogP contribution is -2.20. The normalized spacial score (nSPS) is 10.5. The van der Waals surface area contributed by atoms with E-state index < -0.39 is 5.91 Å². The molecule has 0 radical (unpaired) electrons. The monoisotopic (exact) mass is 228 g/mol. The van der Waals surface area contributed by atoms with Crippen molar-refractivity contribution in [2.24, 2.45) is 10.9 Å². The summed E-state index contributed by atoms with van der Waals surface area (Å²) in [5.74, 6) is -0.224. The molecule has 80 valence electrons. The number of hydrogen-bond acceptors (Lipinski definition) is 4. The maximum Gasteiger partial charge on any atom is 0.255 e. The van der Waals surface area contributed by atoms with Gasteiger partial charge < -0.3 is 15.7 Å². The van der Waals surface area contributed by atoms with Gasteiger partial charge in [-0.2, -0.15) is 0 Å². The Kier molecular flexibility index (Phi) is 3.93. The Morgan fingerprint density at radius 1 is 1.67 bits per heavy atom. The van der Waals surface area contributed by atoms with Crippen molar-refractivity contribution in [3.05, 3.63) is 28.8 Å². The number of hydrogen-bond donors (Lipinski definition) is 2. The average molecular weight is 229 g/mol. The highest BCUT2D eigenvalue weighted by atomic mass is 35.5. The van der Waals surface area contributed by atoms with Gasteiger partial charge in [-0.05, 0) is 23.8 Å². The van der Waals surface area contributed by atoms with Gasteiger partial charge >= 0.3 is 0 Å². The van der Waals surface area contributed by atoms with E-state index in [4.69, 9.17) is 27.3 Å². The first kappa shape index (κ1) is 11.3. The predicted octanol–water partition coefficient (Wildman–Crippen LogP) is 1.01. The summed E-state index contributed by atoms with van der Waals surface area (Å²) >= 11 is 5.83. The maximum absolute atomic E-state index is 10.5. The van der Waals surface area contributed by atoms with Crippen molar-refractivity contribution in [1.29, 1.82) is 0 Å². The Balaban J connectivity index is 2.78. The van der Waals surface area contributed by atoms with Crippen molar-refractivity contribution >= 4 is 23.7 Å². The predicted molar refractivity (Wildman–Crippen MR) is 55.5 cm³/mol. The van der Waals surface area contributed by atoms with E-state index >= 15 is 0 Å². The van der Waals surface area contributed by atoms with Crippen LogP contribution in [0.15, 0.2) is 23.4 Å². The van der Waals surface area contributed by atoms with Crippen LogP contribution in [-0.2, 0) is 4.79 Å². The van der Waals surface area contributed by atoms with Gasteiger partial charge in [0.1, 0.15) is 5.75 Å². The van der Waals surface area contributed by atoms with Crippen molar-refractivity contribution in [2.45, 2.75) is 0 Å². The number of carbonyl (C=O) groups excluding carboxylic acids is 1. The van der Waals surface area contributed by atoms with Crippen molar-refractivity contribution in [3.63, 3.8) is 0 Å². The van der Waals surface area contributed by atoms with Crippen molar-refractivity contribution in [1.82, 2.24) is 0 Å². The summed E-state index contributed by atoms with van der Waals surface area (Å²) in [5, 5.41) is 11.5. The highest BCUT2D eigenvalue weighted by Gasteiger charge is 2.03. The number of rotatable bonds is 4. The summed E-state index contributed by atoms with van der Waals surface area (Å²) in [7, 11) is 0. The van der Waals surface area contributed by atoms with E-state index in [0.29, 0.717) is 16.3 Å². The molecule has 0 saturated carbocycles. The van der Waals surface area contributed by atoms with E-state index in [1.807, 2.05) is 0 Å². The van der Waals surface area contributed by atoms with Crippen LogP contribution < -0.4 is 10.5 Å². The summed E-state index contributed by atoms with van der Waals surface area (Å²) < 4.78 is 5.02. The number of oxime groups is 1. The number of primary amides is 1. The van der Waals surface area contributed by atoms with Gasteiger partial charge in [0, 0.05) is 0 Å². The second-order valence-electron chi connectivity index (χ2n) is 2.69. The standard InChI is InChI=1S/C9H9ClN2O3/c10-7-3-6(4-12-14)1-2-8(7)15-5-9(11)13/h1-4,14H,5H2,(H2,11,13)/b12-4-. The zero-order valence-corrected chi connectivity index (χ0v) is 8.44. The zero-order chi connectivity index (χ0) is 11.3. The summed E-state index contributed by atoms with van der Waals surface area (Å²) in [6, 6.07) is 4.72. The number of ether oxygens (including phenoxy) is 1. The Morgan fingerprint density at radius 3 is 2.93 bits per heavy atom. The average Bonchev–Trinajstić information content (AvgIpc) is 2.17. The molecule has 0 atom stereocenters. The molecule has 1 aromatic rings. The molecule has 0 aliphatic rings. The second-order valence-corrected chi connectivity index (χ2v) is 3.10. The lowest BCUT2D eigenvalue weighted by atomic mass is 10.2. The van der Waals surface area contributed by atoms with E-state index in [1.54, 1.807) is 12.1 Å². The Hall–Kier alpha value is -1.75. The fraction of sp³-hybridized carbons (Fsp3) is 0.111. The van der Waals surface area contributed by atoms with Crippen LogP contribution in [0.1, 0.15) is 5.56 Å². The Labute approximate surface area is 91.1 Å². The molecule has 6 heteroatoms. The van der Waals surface area contributed by atoms with Crippen LogP contribution in [0, 0.1) is 0 Å². The lowest BCUT2D eigenvalue weighted by molar-refractivity contribution is -0.119. The minimum atomic E-state index is -0.577. The topological polar surface area (TPSA) is 84.9 Å². The molecule has 0 bridgehead atoms. The molecular weight excluding hydrogens is 220 g/mol. The Bertz CT molecular complexity index is 393. The molecule has 0 heterocycles. The molecule has 3 N–H and O–H groups in total. The van der Waals surface area contributed by atoms with Crippen LogP contribution in [0.5, 0.6) is 5.75 Å². The van der Waals surface area contributed by atoms with E-state index in [9.17, 15) is 4.79 Å². The molecule has 5 nitrogen and oxygen atoms in total. The van der Waals surface area contributed by atoms with Gasteiger partial charge in [0.05, 0.1) is 11.2 Å². The SMILES string of the molecule is NC(=O)COc1ccc(/C=N\O)cc1Cl. The number of carbonyl (C=O) groups is 1. The third-order valence-corrected chi connectivity index (χ3v) is 1.83. The summed E-state index contributed by atoms with van der Waals surface area (Å²) in [5.41, 5.74) is 5.53. The highest BCUT2D eigenvalue weighted by Crippen LogP contribution is 2.24. The van der Waals surface area contributed by atoms with Gasteiger partial charge in [-0.3, -0.25) is 4.79 Å². The van der Waals surface area contributed by atoms with Crippen molar-refractivity contribution in [2.75, 3.05) is 6.61 Å². The fourth-order valence-electron chi connectivity index (χ4n) is 0.930. The number of amides is 1. The van der Waals surface area contributed by atoms with Crippen LogP contribution in [0.25, 0.3) is 0 Å². The smallest absolute Gasteiger partial charge is 0.255 e. The molecule has 15 heavy (non-hydrogen) atoms. The van der Waals surface area contributed by atoms with Crippen molar-refractivity contribution < 1.29 is 14.7 Å². The first-order valence-electron chi connectivity index (χ1n) is 4.01. The minimum absolute atomic E-state index is 0.229. The fourth-order valence-corrected chi connectivity index (χ4v) is 1.17. The van der Waals surface area contributed by atoms with Crippen molar-refractivity contribution in [3.8, 4) is 5.75 Å². The van der Waals surface area contributed by atoms with Gasteiger partial charge in [0.15, 0.2) is 6.61 Å². The largest absolute Gasteiger partial charge is 0.482 e. The van der Waals surface area contributed by atoms with E-state index in [1.165, 1.54) is 12.3 Å². The summed E-state index contributed by atoms with van der Waals surface area (Å²) in [6.45, 7) is -0.229.